The van der Waals surface area contributed by atoms with Crippen molar-refractivity contribution >= 4 is 5.57 Å². The Labute approximate surface area is 110 Å². The Kier molecular flexibility index (Phi) is 2.55. The third kappa shape index (κ3) is 1.86. The molecule has 1 aromatic rings. The standard InChI is InChI=1S/C17H22O/c1-17(2,3)16-10-14(11-5-6-11)15-9-12(18-4)7-8-13(15)16/h7-11,14H,5-6H2,1-4H3. The van der Waals surface area contributed by atoms with Gasteiger partial charge in [-0.25, -0.2) is 0 Å². The second kappa shape index (κ2) is 3.88. The van der Waals surface area contributed by atoms with Crippen molar-refractivity contribution in [3.05, 3.63) is 35.4 Å². The Morgan fingerprint density at radius 1 is 1.17 bits per heavy atom. The minimum Gasteiger partial charge on any atom is -0.497 e. The van der Waals surface area contributed by atoms with E-state index in [2.05, 4.69) is 45.0 Å². The summed E-state index contributed by atoms with van der Waals surface area (Å²) in [6.07, 6.45) is 5.28. The predicted octanol–water partition coefficient (Wildman–Crippen LogP) is 4.63. The maximum absolute atomic E-state index is 5.39. The van der Waals surface area contributed by atoms with Crippen LogP contribution in [-0.2, 0) is 0 Å². The molecule has 0 heterocycles. The summed E-state index contributed by atoms with van der Waals surface area (Å²) in [5, 5.41) is 0. The molecule has 1 fully saturated rings. The maximum atomic E-state index is 5.39. The molecule has 0 amide bonds. The number of benzene rings is 1. The quantitative estimate of drug-likeness (QED) is 0.734. The molecule has 1 atom stereocenters. The van der Waals surface area contributed by atoms with Crippen molar-refractivity contribution < 1.29 is 4.74 Å². The number of hydrogen-bond donors (Lipinski definition) is 0. The van der Waals surface area contributed by atoms with Crippen molar-refractivity contribution in [1.29, 1.82) is 0 Å². The van der Waals surface area contributed by atoms with Gasteiger partial charge in [-0.3, -0.25) is 0 Å². The highest BCUT2D eigenvalue weighted by atomic mass is 16.5. The van der Waals surface area contributed by atoms with Gasteiger partial charge in [0.1, 0.15) is 5.75 Å². The second-order valence-corrected chi connectivity index (χ2v) is 6.65. The van der Waals surface area contributed by atoms with E-state index in [-0.39, 0.29) is 5.41 Å². The molecule has 1 aromatic carbocycles. The first-order chi connectivity index (χ1) is 8.50. The molecule has 18 heavy (non-hydrogen) atoms. The molecule has 0 N–H and O–H groups in total. The first-order valence-electron chi connectivity index (χ1n) is 6.91. The van der Waals surface area contributed by atoms with E-state index in [9.17, 15) is 0 Å². The van der Waals surface area contributed by atoms with Crippen LogP contribution in [0, 0.1) is 11.3 Å². The number of rotatable bonds is 2. The summed E-state index contributed by atoms with van der Waals surface area (Å²) < 4.78 is 5.39. The van der Waals surface area contributed by atoms with Crippen LogP contribution in [0.1, 0.15) is 50.7 Å². The molecule has 0 bridgehead atoms. The van der Waals surface area contributed by atoms with Crippen molar-refractivity contribution in [2.45, 2.75) is 39.5 Å². The largest absolute Gasteiger partial charge is 0.497 e. The lowest BCUT2D eigenvalue weighted by Gasteiger charge is -2.21. The highest BCUT2D eigenvalue weighted by Crippen LogP contribution is 2.53. The van der Waals surface area contributed by atoms with E-state index in [4.69, 9.17) is 4.74 Å². The van der Waals surface area contributed by atoms with Gasteiger partial charge in [0, 0.05) is 5.92 Å². The Hall–Kier alpha value is -1.24. The van der Waals surface area contributed by atoms with Crippen LogP contribution in [0.5, 0.6) is 5.75 Å². The van der Waals surface area contributed by atoms with Gasteiger partial charge in [0.25, 0.3) is 0 Å². The van der Waals surface area contributed by atoms with Crippen molar-refractivity contribution in [1.82, 2.24) is 0 Å². The molecule has 0 spiro atoms. The molecule has 2 aliphatic rings. The summed E-state index contributed by atoms with van der Waals surface area (Å²) in [5.74, 6) is 2.49. The highest BCUT2D eigenvalue weighted by Gasteiger charge is 2.38. The van der Waals surface area contributed by atoms with E-state index in [1.165, 1.54) is 29.5 Å². The predicted molar refractivity (Wildman–Crippen MR) is 75.9 cm³/mol. The molecular weight excluding hydrogens is 220 g/mol. The molecule has 2 aliphatic carbocycles. The van der Waals surface area contributed by atoms with E-state index >= 15 is 0 Å². The zero-order valence-corrected chi connectivity index (χ0v) is 11.8. The van der Waals surface area contributed by atoms with Crippen LogP contribution in [-0.4, -0.2) is 7.11 Å². The summed E-state index contributed by atoms with van der Waals surface area (Å²) in [6, 6.07) is 6.58. The van der Waals surface area contributed by atoms with Crippen LogP contribution in [0.15, 0.2) is 24.3 Å². The fourth-order valence-corrected chi connectivity index (χ4v) is 3.05. The van der Waals surface area contributed by atoms with Gasteiger partial charge >= 0.3 is 0 Å². The van der Waals surface area contributed by atoms with Gasteiger partial charge in [-0.05, 0) is 53.0 Å². The third-order valence-corrected chi connectivity index (χ3v) is 4.19. The van der Waals surface area contributed by atoms with E-state index in [1.54, 1.807) is 7.11 Å². The SMILES string of the molecule is COc1ccc2c(c1)C(C1CC1)C=C2C(C)(C)C. The monoisotopic (exact) mass is 242 g/mol. The smallest absolute Gasteiger partial charge is 0.119 e. The Balaban J connectivity index is 2.09. The Morgan fingerprint density at radius 3 is 2.44 bits per heavy atom. The molecule has 1 nitrogen and oxygen atoms in total. The zero-order valence-electron chi connectivity index (χ0n) is 11.8. The van der Waals surface area contributed by atoms with E-state index in [0.717, 1.165) is 11.7 Å². The second-order valence-electron chi connectivity index (χ2n) is 6.65. The maximum Gasteiger partial charge on any atom is 0.119 e. The van der Waals surface area contributed by atoms with Crippen molar-refractivity contribution in [3.8, 4) is 5.75 Å². The zero-order chi connectivity index (χ0) is 12.9. The van der Waals surface area contributed by atoms with Gasteiger partial charge in [0.05, 0.1) is 7.11 Å². The van der Waals surface area contributed by atoms with E-state index in [1.807, 2.05) is 0 Å². The van der Waals surface area contributed by atoms with Crippen LogP contribution < -0.4 is 4.74 Å². The molecule has 3 rings (SSSR count). The Bertz CT molecular complexity index is 501. The minimum absolute atomic E-state index is 0.229. The van der Waals surface area contributed by atoms with Gasteiger partial charge < -0.3 is 4.74 Å². The third-order valence-electron chi connectivity index (χ3n) is 4.19. The van der Waals surface area contributed by atoms with Gasteiger partial charge in [-0.1, -0.05) is 32.9 Å². The average Bonchev–Trinajstić information content (AvgIpc) is 3.08. The molecule has 1 saturated carbocycles. The van der Waals surface area contributed by atoms with Crippen molar-refractivity contribution in [3.63, 3.8) is 0 Å². The van der Waals surface area contributed by atoms with Crippen LogP contribution >= 0.6 is 0 Å². The van der Waals surface area contributed by atoms with Crippen LogP contribution in [0.3, 0.4) is 0 Å². The number of methoxy groups -OCH3 is 1. The highest BCUT2D eigenvalue weighted by molar-refractivity contribution is 5.78. The summed E-state index contributed by atoms with van der Waals surface area (Å²) in [5.41, 5.74) is 4.67. The first kappa shape index (κ1) is 11.8. The van der Waals surface area contributed by atoms with Gasteiger partial charge in [-0.2, -0.15) is 0 Å². The lowest BCUT2D eigenvalue weighted by Crippen LogP contribution is -2.06. The van der Waals surface area contributed by atoms with Gasteiger partial charge in [0.2, 0.25) is 0 Å². The summed E-state index contributed by atoms with van der Waals surface area (Å²) in [4.78, 5) is 0. The normalized spacial score (nSPS) is 22.7. The number of ether oxygens (including phenoxy) is 1. The molecule has 1 heteroatoms. The molecule has 1 unspecified atom stereocenters. The molecule has 0 aliphatic heterocycles. The lowest BCUT2D eigenvalue weighted by atomic mass is 9.83. The summed E-state index contributed by atoms with van der Waals surface area (Å²) >= 11 is 0. The fraction of sp³-hybridized carbons (Fsp3) is 0.529. The van der Waals surface area contributed by atoms with Gasteiger partial charge in [-0.15, -0.1) is 0 Å². The van der Waals surface area contributed by atoms with Crippen LogP contribution in [0.4, 0.5) is 0 Å². The van der Waals surface area contributed by atoms with Crippen molar-refractivity contribution in [2.75, 3.05) is 7.11 Å². The Morgan fingerprint density at radius 2 is 1.89 bits per heavy atom. The lowest BCUT2D eigenvalue weighted by molar-refractivity contribution is 0.414. The number of allylic oxidation sites excluding steroid dienone is 2. The molecular formula is C17H22O. The minimum atomic E-state index is 0.229. The number of fused-ring (bicyclic) bond motifs is 1. The number of hydrogen-bond acceptors (Lipinski definition) is 1. The van der Waals surface area contributed by atoms with Gasteiger partial charge in [0.15, 0.2) is 0 Å². The molecule has 0 radical (unpaired) electrons. The summed E-state index contributed by atoms with van der Waals surface area (Å²) in [7, 11) is 1.75. The van der Waals surface area contributed by atoms with Crippen LogP contribution in [0.25, 0.3) is 5.57 Å². The topological polar surface area (TPSA) is 9.23 Å². The summed E-state index contributed by atoms with van der Waals surface area (Å²) in [6.45, 7) is 6.92. The van der Waals surface area contributed by atoms with Crippen LogP contribution in [0.2, 0.25) is 0 Å². The molecule has 96 valence electrons. The fourth-order valence-electron chi connectivity index (χ4n) is 3.05. The first-order valence-corrected chi connectivity index (χ1v) is 6.91. The average molecular weight is 242 g/mol. The van der Waals surface area contributed by atoms with E-state index < -0.39 is 0 Å². The molecule has 0 saturated heterocycles. The molecule has 0 aromatic heterocycles. The van der Waals surface area contributed by atoms with Crippen molar-refractivity contribution in [2.24, 2.45) is 11.3 Å². The van der Waals surface area contributed by atoms with E-state index in [0.29, 0.717) is 5.92 Å².